The third-order valence-corrected chi connectivity index (χ3v) is 6.02. The molecule has 1 saturated carbocycles. The van der Waals surface area contributed by atoms with E-state index in [0.717, 1.165) is 25.7 Å². The summed E-state index contributed by atoms with van der Waals surface area (Å²) in [4.78, 5) is 34.5. The number of ether oxygens (including phenoxy) is 2. The van der Waals surface area contributed by atoms with Crippen LogP contribution in [0.4, 0.5) is 0 Å². The van der Waals surface area contributed by atoms with E-state index >= 15 is 0 Å². The van der Waals surface area contributed by atoms with E-state index in [9.17, 15) is 9.59 Å². The van der Waals surface area contributed by atoms with Crippen molar-refractivity contribution in [1.82, 2.24) is 20.2 Å². The number of hydrogen-bond donors (Lipinski definition) is 2. The average Bonchev–Trinajstić information content (AvgIpc) is 3.17. The molecule has 2 fully saturated rings. The summed E-state index contributed by atoms with van der Waals surface area (Å²) in [5, 5.41) is 3.72. The molecular weight excluding hydrogens is 384 g/mol. The number of nitrogens with zero attached hydrogens (tertiary/aromatic N) is 2. The predicted molar refractivity (Wildman–Crippen MR) is 113 cm³/mol. The number of nitrogens with one attached hydrogen (secondary N) is 2. The predicted octanol–water partition coefficient (Wildman–Crippen LogP) is 1.94. The van der Waals surface area contributed by atoms with Crippen LogP contribution in [-0.2, 0) is 20.8 Å². The average molecular weight is 415 g/mol. The van der Waals surface area contributed by atoms with Crippen LogP contribution in [0.5, 0.6) is 0 Å². The monoisotopic (exact) mass is 414 g/mol. The molecule has 8 heteroatoms. The zero-order valence-electron chi connectivity index (χ0n) is 17.6. The number of aromatic nitrogens is 2. The first-order valence-corrected chi connectivity index (χ1v) is 10.7. The molecular formula is C22H30N4O4. The van der Waals surface area contributed by atoms with Crippen molar-refractivity contribution in [2.45, 2.75) is 63.9 Å². The van der Waals surface area contributed by atoms with Crippen molar-refractivity contribution >= 4 is 16.8 Å². The van der Waals surface area contributed by atoms with Gasteiger partial charge in [-0.15, -0.1) is 0 Å². The second-order valence-electron chi connectivity index (χ2n) is 8.48. The van der Waals surface area contributed by atoms with E-state index in [1.807, 2.05) is 36.9 Å². The molecule has 0 unspecified atom stereocenters. The molecule has 0 bridgehead atoms. The van der Waals surface area contributed by atoms with Gasteiger partial charge in [0.2, 0.25) is 5.91 Å². The highest BCUT2D eigenvalue weighted by Crippen LogP contribution is 2.35. The summed E-state index contributed by atoms with van der Waals surface area (Å²) in [5.41, 5.74) is 0.508. The Morgan fingerprint density at radius 1 is 1.27 bits per heavy atom. The number of H-pyrrole nitrogens is 1. The van der Waals surface area contributed by atoms with Crippen molar-refractivity contribution in [2.75, 3.05) is 19.8 Å². The molecule has 162 valence electrons. The van der Waals surface area contributed by atoms with Gasteiger partial charge in [0, 0.05) is 24.9 Å². The second-order valence-corrected chi connectivity index (χ2v) is 8.48. The molecule has 2 N–H and O–H groups in total. The summed E-state index contributed by atoms with van der Waals surface area (Å²) >= 11 is 0. The van der Waals surface area contributed by atoms with Gasteiger partial charge in [0.1, 0.15) is 5.82 Å². The molecule has 1 saturated heterocycles. The van der Waals surface area contributed by atoms with Crippen molar-refractivity contribution in [1.29, 1.82) is 0 Å². The Hall–Kier alpha value is -2.29. The van der Waals surface area contributed by atoms with Crippen LogP contribution in [-0.4, -0.2) is 58.4 Å². The minimum atomic E-state index is -0.418. The third-order valence-electron chi connectivity index (χ3n) is 6.02. The first kappa shape index (κ1) is 21.0. The van der Waals surface area contributed by atoms with Crippen LogP contribution < -0.4 is 10.9 Å². The highest BCUT2D eigenvalue weighted by Gasteiger charge is 2.40. The van der Waals surface area contributed by atoms with Crippen LogP contribution in [0, 0.1) is 0 Å². The maximum absolute atomic E-state index is 12.7. The summed E-state index contributed by atoms with van der Waals surface area (Å²) in [5.74, 6) is 0.134. The summed E-state index contributed by atoms with van der Waals surface area (Å²) in [6.07, 6.45) is 3.34. The molecule has 1 aromatic heterocycles. The largest absolute Gasteiger partial charge is 0.352 e. The molecule has 2 aliphatic rings. The summed E-state index contributed by atoms with van der Waals surface area (Å²) in [6, 6.07) is 7.54. The van der Waals surface area contributed by atoms with E-state index < -0.39 is 5.79 Å². The van der Waals surface area contributed by atoms with Crippen LogP contribution in [0.25, 0.3) is 10.9 Å². The minimum absolute atomic E-state index is 0.0129. The highest BCUT2D eigenvalue weighted by molar-refractivity contribution is 5.78. The fourth-order valence-electron chi connectivity index (χ4n) is 4.27. The molecule has 30 heavy (non-hydrogen) atoms. The van der Waals surface area contributed by atoms with E-state index in [-0.39, 0.29) is 30.1 Å². The van der Waals surface area contributed by atoms with Crippen LogP contribution in [0.2, 0.25) is 0 Å². The number of benzene rings is 1. The van der Waals surface area contributed by atoms with E-state index in [1.165, 1.54) is 0 Å². The zero-order chi connectivity index (χ0) is 21.1. The van der Waals surface area contributed by atoms with E-state index in [4.69, 9.17) is 9.47 Å². The first-order chi connectivity index (χ1) is 14.4. The van der Waals surface area contributed by atoms with Gasteiger partial charge in [-0.3, -0.25) is 14.5 Å². The molecule has 4 rings (SSSR count). The molecule has 2 aromatic rings. The first-order valence-electron chi connectivity index (χ1n) is 10.7. The number of carbonyl (C=O) groups excluding carboxylic acids is 1. The lowest BCUT2D eigenvalue weighted by Gasteiger charge is -2.36. The van der Waals surface area contributed by atoms with Crippen LogP contribution >= 0.6 is 0 Å². The molecule has 1 aromatic carbocycles. The highest BCUT2D eigenvalue weighted by atomic mass is 16.7. The lowest BCUT2D eigenvalue weighted by atomic mass is 9.90. The Balaban J connectivity index is 1.35. The Morgan fingerprint density at radius 3 is 2.67 bits per heavy atom. The lowest BCUT2D eigenvalue weighted by Crippen LogP contribution is -2.47. The topological polar surface area (TPSA) is 96.6 Å². The Labute approximate surface area is 176 Å². The normalized spacial score (nSPS) is 19.2. The summed E-state index contributed by atoms with van der Waals surface area (Å²) < 4.78 is 11.5. The van der Waals surface area contributed by atoms with Crippen molar-refractivity contribution in [3.63, 3.8) is 0 Å². The summed E-state index contributed by atoms with van der Waals surface area (Å²) in [7, 11) is 0. The van der Waals surface area contributed by atoms with Gasteiger partial charge >= 0.3 is 0 Å². The van der Waals surface area contributed by atoms with Crippen molar-refractivity contribution in [3.05, 3.63) is 40.4 Å². The van der Waals surface area contributed by atoms with E-state index in [0.29, 0.717) is 36.5 Å². The lowest BCUT2D eigenvalue weighted by molar-refractivity contribution is -0.180. The molecule has 1 spiro atoms. The second kappa shape index (κ2) is 8.83. The van der Waals surface area contributed by atoms with Crippen LogP contribution in [0.1, 0.15) is 45.4 Å². The molecule has 0 atom stereocenters. The number of hydrogen-bond acceptors (Lipinski definition) is 6. The summed E-state index contributed by atoms with van der Waals surface area (Å²) in [6.45, 7) is 6.04. The van der Waals surface area contributed by atoms with Gasteiger partial charge in [0.05, 0.1) is 37.2 Å². The van der Waals surface area contributed by atoms with Crippen molar-refractivity contribution in [2.24, 2.45) is 0 Å². The van der Waals surface area contributed by atoms with Gasteiger partial charge < -0.3 is 19.8 Å². The Morgan fingerprint density at radius 2 is 1.97 bits per heavy atom. The number of amides is 1. The maximum Gasteiger partial charge on any atom is 0.258 e. The van der Waals surface area contributed by atoms with E-state index in [1.54, 1.807) is 6.07 Å². The number of carbonyl (C=O) groups is 1. The number of aromatic amines is 1. The zero-order valence-corrected chi connectivity index (χ0v) is 17.6. The standard InChI is InChI=1S/C22H30N4O4/c1-15(2)26(13-19-24-18-6-4-3-5-17(18)21(28)25-19)14-20(27)23-16-7-9-22(10-8-16)29-11-12-30-22/h3-6,15-16H,7-14H2,1-2H3,(H,23,27)(H,24,25,28). The number of fused-ring (bicyclic) bond motifs is 1. The van der Waals surface area contributed by atoms with Gasteiger partial charge in [-0.25, -0.2) is 4.98 Å². The third kappa shape index (κ3) is 4.71. The maximum atomic E-state index is 12.7. The van der Waals surface area contributed by atoms with Crippen LogP contribution in [0.15, 0.2) is 29.1 Å². The quantitative estimate of drug-likeness (QED) is 0.750. The number of para-hydroxylation sites is 1. The molecule has 2 heterocycles. The van der Waals surface area contributed by atoms with Gasteiger partial charge in [0.15, 0.2) is 5.79 Å². The molecule has 8 nitrogen and oxygen atoms in total. The van der Waals surface area contributed by atoms with Gasteiger partial charge in [-0.1, -0.05) is 12.1 Å². The fraction of sp³-hybridized carbons (Fsp3) is 0.591. The van der Waals surface area contributed by atoms with Gasteiger partial charge in [-0.2, -0.15) is 0 Å². The van der Waals surface area contributed by atoms with E-state index in [2.05, 4.69) is 15.3 Å². The van der Waals surface area contributed by atoms with Gasteiger partial charge in [0.25, 0.3) is 5.56 Å². The molecule has 1 aliphatic heterocycles. The van der Waals surface area contributed by atoms with Crippen LogP contribution in [0.3, 0.4) is 0 Å². The molecule has 1 aliphatic carbocycles. The molecule has 1 amide bonds. The van der Waals surface area contributed by atoms with Gasteiger partial charge in [-0.05, 0) is 38.8 Å². The fourth-order valence-corrected chi connectivity index (χ4v) is 4.27. The van der Waals surface area contributed by atoms with Crippen molar-refractivity contribution < 1.29 is 14.3 Å². The number of rotatable bonds is 6. The van der Waals surface area contributed by atoms with Crippen molar-refractivity contribution in [3.8, 4) is 0 Å². The Bertz CT molecular complexity index is 942. The molecule has 0 radical (unpaired) electrons. The Kier molecular flexibility index (Phi) is 6.17. The minimum Gasteiger partial charge on any atom is -0.352 e. The smallest absolute Gasteiger partial charge is 0.258 e. The SMILES string of the molecule is CC(C)N(CC(=O)NC1CCC2(CC1)OCCO2)Cc1nc2ccccc2c(=O)[nH]1.